The molecule has 0 aliphatic heterocycles. The van der Waals surface area contributed by atoms with E-state index < -0.39 is 32.9 Å². The summed E-state index contributed by atoms with van der Waals surface area (Å²) in [6.07, 6.45) is 0.714. The Morgan fingerprint density at radius 2 is 1.79 bits per heavy atom. The van der Waals surface area contributed by atoms with Crippen LogP contribution in [0.2, 0.25) is 0 Å². The first-order valence-electron chi connectivity index (χ1n) is 5.07. The molecular formula is C9H12N2O6P2. The molecule has 1 unspecified atom stereocenters. The molecule has 0 saturated carbocycles. The second-order valence-corrected chi connectivity index (χ2v) is 7.84. The summed E-state index contributed by atoms with van der Waals surface area (Å²) in [4.78, 5) is 39.8. The zero-order valence-corrected chi connectivity index (χ0v) is 11.4. The molecule has 4 N–H and O–H groups in total. The lowest BCUT2D eigenvalue weighted by Crippen LogP contribution is -2.14. The van der Waals surface area contributed by atoms with E-state index in [0.29, 0.717) is 0 Å². The van der Waals surface area contributed by atoms with Crippen molar-refractivity contribution < 1.29 is 28.7 Å². The SMILES string of the molecule is N#CC(CC(P(=O)(O)O)P(=O)(O)O)c1ccccn1. The first-order chi connectivity index (χ1) is 8.66. The first kappa shape index (κ1) is 16.0. The Hall–Kier alpha value is -1.06. The molecule has 0 aromatic carbocycles. The molecule has 0 fully saturated rings. The van der Waals surface area contributed by atoms with Gasteiger partial charge < -0.3 is 19.6 Å². The maximum absolute atomic E-state index is 11.1. The van der Waals surface area contributed by atoms with E-state index in [2.05, 4.69) is 4.98 Å². The number of hydrogen-bond donors (Lipinski definition) is 4. The van der Waals surface area contributed by atoms with Crippen molar-refractivity contribution >= 4 is 15.2 Å². The van der Waals surface area contributed by atoms with Gasteiger partial charge in [-0.25, -0.2) is 0 Å². The van der Waals surface area contributed by atoms with Gasteiger partial charge >= 0.3 is 15.2 Å². The smallest absolute Gasteiger partial charge is 0.324 e. The quantitative estimate of drug-likeness (QED) is 0.582. The maximum atomic E-state index is 11.1. The van der Waals surface area contributed by atoms with E-state index >= 15 is 0 Å². The predicted molar refractivity (Wildman–Crippen MR) is 65.1 cm³/mol. The summed E-state index contributed by atoms with van der Waals surface area (Å²) >= 11 is 0. The fourth-order valence-corrected chi connectivity index (χ4v) is 4.04. The van der Waals surface area contributed by atoms with Crippen LogP contribution in [0, 0.1) is 11.3 Å². The summed E-state index contributed by atoms with van der Waals surface area (Å²) in [5.74, 6) is -1.11. The van der Waals surface area contributed by atoms with Crippen LogP contribution in [0.25, 0.3) is 0 Å². The molecule has 10 heteroatoms. The van der Waals surface area contributed by atoms with Crippen molar-refractivity contribution in [1.82, 2.24) is 4.98 Å². The number of pyridine rings is 1. The van der Waals surface area contributed by atoms with Gasteiger partial charge in [-0.15, -0.1) is 0 Å². The third-order valence-electron chi connectivity index (χ3n) is 2.42. The van der Waals surface area contributed by atoms with Gasteiger partial charge in [0.1, 0.15) is 0 Å². The van der Waals surface area contributed by atoms with E-state index in [9.17, 15) is 9.13 Å². The monoisotopic (exact) mass is 306 g/mol. The average molecular weight is 306 g/mol. The Bertz CT molecular complexity index is 538. The second kappa shape index (κ2) is 5.93. The van der Waals surface area contributed by atoms with Crippen LogP contribution in [0.3, 0.4) is 0 Å². The van der Waals surface area contributed by atoms with Crippen molar-refractivity contribution in [3.05, 3.63) is 30.1 Å². The largest absolute Gasteiger partial charge is 0.340 e. The number of aromatic nitrogens is 1. The zero-order chi connectivity index (χ0) is 14.7. The predicted octanol–water partition coefficient (Wildman–Crippen LogP) is 0.760. The first-order valence-corrected chi connectivity index (χ1v) is 8.43. The van der Waals surface area contributed by atoms with Gasteiger partial charge in [0, 0.05) is 6.20 Å². The van der Waals surface area contributed by atoms with Gasteiger partial charge in [0.05, 0.1) is 17.7 Å². The molecule has 0 saturated heterocycles. The van der Waals surface area contributed by atoms with Crippen molar-refractivity contribution in [3.63, 3.8) is 0 Å². The van der Waals surface area contributed by atoms with Crippen LogP contribution in [-0.4, -0.2) is 30.0 Å². The Balaban J connectivity index is 3.06. The summed E-state index contributed by atoms with van der Waals surface area (Å²) in [5.41, 5.74) is 0.205. The molecule has 1 aromatic heterocycles. The van der Waals surface area contributed by atoms with E-state index in [4.69, 9.17) is 24.8 Å². The highest BCUT2D eigenvalue weighted by Gasteiger charge is 2.44. The molecule has 0 bridgehead atoms. The minimum absolute atomic E-state index is 0.205. The van der Waals surface area contributed by atoms with E-state index in [1.54, 1.807) is 18.2 Å². The molecule has 0 radical (unpaired) electrons. The van der Waals surface area contributed by atoms with Crippen LogP contribution in [0.5, 0.6) is 0 Å². The fourth-order valence-electron chi connectivity index (χ4n) is 1.50. The van der Waals surface area contributed by atoms with E-state index in [-0.39, 0.29) is 5.69 Å². The highest BCUT2D eigenvalue weighted by atomic mass is 31.2. The Kier molecular flexibility index (Phi) is 4.99. The van der Waals surface area contributed by atoms with Crippen molar-refractivity contribution in [1.29, 1.82) is 5.26 Å². The normalized spacial score (nSPS) is 14.1. The molecule has 104 valence electrons. The van der Waals surface area contributed by atoms with Crippen LogP contribution in [0.4, 0.5) is 0 Å². The summed E-state index contributed by atoms with van der Waals surface area (Å²) in [6.45, 7) is 0. The molecule has 1 rings (SSSR count). The summed E-state index contributed by atoms with van der Waals surface area (Å²) in [7, 11) is -10.1. The zero-order valence-electron chi connectivity index (χ0n) is 9.57. The molecule has 1 heterocycles. The minimum Gasteiger partial charge on any atom is -0.324 e. The molecule has 0 aliphatic rings. The molecule has 1 atom stereocenters. The molecule has 19 heavy (non-hydrogen) atoms. The Morgan fingerprint density at radius 1 is 1.21 bits per heavy atom. The molecule has 0 amide bonds. The second-order valence-electron chi connectivity index (χ2n) is 3.83. The lowest BCUT2D eigenvalue weighted by Gasteiger charge is -2.21. The van der Waals surface area contributed by atoms with Gasteiger partial charge in [0.2, 0.25) is 0 Å². The number of nitrogens with zero attached hydrogens (tertiary/aromatic N) is 2. The van der Waals surface area contributed by atoms with Gasteiger partial charge in [-0.2, -0.15) is 5.26 Å². The van der Waals surface area contributed by atoms with Crippen LogP contribution in [-0.2, 0) is 9.13 Å². The van der Waals surface area contributed by atoms with Crippen LogP contribution < -0.4 is 0 Å². The van der Waals surface area contributed by atoms with Crippen LogP contribution >= 0.6 is 15.2 Å². The van der Waals surface area contributed by atoms with Gasteiger partial charge in [0.25, 0.3) is 0 Å². The van der Waals surface area contributed by atoms with Crippen LogP contribution in [0.1, 0.15) is 18.0 Å². The molecule has 1 aromatic rings. The van der Waals surface area contributed by atoms with E-state index in [0.717, 1.165) is 0 Å². The standard InChI is InChI=1S/C9H12N2O6P2/c10-6-7(8-3-1-2-4-11-8)5-9(18(12,13)14)19(15,16)17/h1-4,7,9H,5H2,(H2,12,13,14)(H2,15,16,17). The van der Waals surface area contributed by atoms with Gasteiger partial charge in [0.15, 0.2) is 5.40 Å². The van der Waals surface area contributed by atoms with E-state index in [1.807, 2.05) is 0 Å². The van der Waals surface area contributed by atoms with Gasteiger partial charge in [-0.05, 0) is 18.6 Å². The van der Waals surface area contributed by atoms with Crippen molar-refractivity contribution in [2.45, 2.75) is 17.7 Å². The maximum Gasteiger partial charge on any atom is 0.340 e. The Labute approximate surface area is 109 Å². The third kappa shape index (κ3) is 4.51. The number of hydrogen-bond acceptors (Lipinski definition) is 4. The fraction of sp³-hybridized carbons (Fsp3) is 0.333. The van der Waals surface area contributed by atoms with Crippen molar-refractivity contribution in [2.75, 3.05) is 0 Å². The molecule has 0 spiro atoms. The van der Waals surface area contributed by atoms with E-state index in [1.165, 1.54) is 12.3 Å². The highest BCUT2D eigenvalue weighted by Crippen LogP contribution is 2.62. The molecular weight excluding hydrogens is 294 g/mol. The molecule has 8 nitrogen and oxygen atoms in total. The topological polar surface area (TPSA) is 152 Å². The average Bonchev–Trinajstić information content (AvgIpc) is 2.28. The van der Waals surface area contributed by atoms with Crippen molar-refractivity contribution in [3.8, 4) is 6.07 Å². The summed E-state index contributed by atoms with van der Waals surface area (Å²) in [5, 5.41) is 6.76. The lowest BCUT2D eigenvalue weighted by molar-refractivity contribution is 0.334. The number of nitriles is 1. The minimum atomic E-state index is -5.03. The van der Waals surface area contributed by atoms with Crippen molar-refractivity contribution in [2.24, 2.45) is 0 Å². The lowest BCUT2D eigenvalue weighted by atomic mass is 10.0. The van der Waals surface area contributed by atoms with Gasteiger partial charge in [-0.1, -0.05) is 6.07 Å². The summed E-state index contributed by atoms with van der Waals surface area (Å²) in [6, 6.07) is 6.34. The third-order valence-corrected chi connectivity index (χ3v) is 6.20. The number of rotatable bonds is 5. The highest BCUT2D eigenvalue weighted by molar-refractivity contribution is 7.70. The summed E-state index contributed by atoms with van der Waals surface area (Å²) < 4.78 is 22.3. The van der Waals surface area contributed by atoms with Gasteiger partial charge in [-0.3, -0.25) is 14.1 Å². The Morgan fingerprint density at radius 3 is 2.16 bits per heavy atom. The molecule has 0 aliphatic carbocycles. The van der Waals surface area contributed by atoms with Crippen LogP contribution in [0.15, 0.2) is 24.4 Å².